The summed E-state index contributed by atoms with van der Waals surface area (Å²) < 4.78 is 4.36. The first kappa shape index (κ1) is 8.84. The van der Waals surface area contributed by atoms with Crippen LogP contribution >= 0.6 is 0 Å². The van der Waals surface area contributed by atoms with Crippen LogP contribution in [0, 0.1) is 0 Å². The third kappa shape index (κ3) is 3.80. The Kier molecular flexibility index (Phi) is 4.15. The van der Waals surface area contributed by atoms with Gasteiger partial charge in [0.25, 0.3) is 0 Å². The molecule has 0 spiro atoms. The van der Waals surface area contributed by atoms with Crippen LogP contribution < -0.4 is 5.73 Å². The summed E-state index contributed by atoms with van der Waals surface area (Å²) in [6.45, 7) is 2.78. The molecular weight excluding hydrogens is 134 g/mol. The van der Waals surface area contributed by atoms with E-state index in [1.165, 1.54) is 0 Å². The molecule has 10 heavy (non-hydrogen) atoms. The molecule has 0 heterocycles. The summed E-state index contributed by atoms with van der Waals surface area (Å²) in [5.41, 5.74) is 4.93. The second-order valence-corrected chi connectivity index (χ2v) is 1.55. The number of Topliss-reactive ketones (excluding diaryl/α,β-unsaturated/α-hetero) is 1. The van der Waals surface area contributed by atoms with Gasteiger partial charge in [0, 0.05) is 6.08 Å². The minimum Gasteiger partial charge on any atom is -0.454 e. The van der Waals surface area contributed by atoms with E-state index in [2.05, 4.69) is 11.3 Å². The molecule has 56 valence electrons. The highest BCUT2D eigenvalue weighted by Gasteiger charge is 2.00. The van der Waals surface area contributed by atoms with Crippen LogP contribution in [0.2, 0.25) is 0 Å². The first-order chi connectivity index (χ1) is 4.70. The maximum atomic E-state index is 10.4. The minimum absolute atomic E-state index is 0.107. The van der Waals surface area contributed by atoms with E-state index in [0.29, 0.717) is 0 Å². The third-order valence-electron chi connectivity index (χ3n) is 0.770. The van der Waals surface area contributed by atoms with E-state index in [-0.39, 0.29) is 18.9 Å². The molecule has 0 saturated heterocycles. The summed E-state index contributed by atoms with van der Waals surface area (Å²) in [7, 11) is 0. The molecule has 0 rings (SSSR count). The van der Waals surface area contributed by atoms with Gasteiger partial charge in [0.05, 0.1) is 6.54 Å². The zero-order valence-corrected chi connectivity index (χ0v) is 5.50. The molecule has 4 heteroatoms. The van der Waals surface area contributed by atoms with Gasteiger partial charge in [-0.15, -0.1) is 0 Å². The SMILES string of the molecule is C=CC(=O)OCC(=O)CN. The smallest absolute Gasteiger partial charge is 0.330 e. The highest BCUT2D eigenvalue weighted by Crippen LogP contribution is 1.78. The van der Waals surface area contributed by atoms with Crippen molar-refractivity contribution in [3.8, 4) is 0 Å². The fourth-order valence-electron chi connectivity index (χ4n) is 0.269. The first-order valence-electron chi connectivity index (χ1n) is 2.71. The number of rotatable bonds is 4. The molecule has 0 aromatic carbocycles. The normalized spacial score (nSPS) is 8.50. The van der Waals surface area contributed by atoms with Gasteiger partial charge in [-0.2, -0.15) is 0 Å². The van der Waals surface area contributed by atoms with Gasteiger partial charge in [-0.1, -0.05) is 6.58 Å². The molecule has 0 aliphatic heterocycles. The number of ketones is 1. The molecule has 0 radical (unpaired) electrons. The monoisotopic (exact) mass is 143 g/mol. The Morgan fingerprint density at radius 3 is 2.60 bits per heavy atom. The van der Waals surface area contributed by atoms with Crippen molar-refractivity contribution in [3.05, 3.63) is 12.7 Å². The molecule has 0 fully saturated rings. The van der Waals surface area contributed by atoms with Gasteiger partial charge in [0.1, 0.15) is 0 Å². The van der Waals surface area contributed by atoms with Crippen LogP contribution in [-0.2, 0) is 14.3 Å². The van der Waals surface area contributed by atoms with Crippen LogP contribution in [0.1, 0.15) is 0 Å². The number of hydrogen-bond donors (Lipinski definition) is 1. The quantitative estimate of drug-likeness (QED) is 0.415. The molecule has 0 unspecified atom stereocenters. The predicted octanol–water partition coefficient (Wildman–Crippen LogP) is -0.757. The average molecular weight is 143 g/mol. The number of carbonyl (C=O) groups is 2. The van der Waals surface area contributed by atoms with Crippen molar-refractivity contribution in [3.63, 3.8) is 0 Å². The van der Waals surface area contributed by atoms with Gasteiger partial charge < -0.3 is 10.5 Å². The van der Waals surface area contributed by atoms with Gasteiger partial charge in [0.15, 0.2) is 12.4 Å². The van der Waals surface area contributed by atoms with Crippen molar-refractivity contribution in [2.45, 2.75) is 0 Å². The van der Waals surface area contributed by atoms with Gasteiger partial charge >= 0.3 is 5.97 Å². The first-order valence-corrected chi connectivity index (χ1v) is 2.71. The largest absolute Gasteiger partial charge is 0.454 e. The van der Waals surface area contributed by atoms with Gasteiger partial charge in [-0.05, 0) is 0 Å². The van der Waals surface area contributed by atoms with Crippen molar-refractivity contribution in [2.75, 3.05) is 13.2 Å². The average Bonchev–Trinajstić information content (AvgIpc) is 1.99. The van der Waals surface area contributed by atoms with Crippen LogP contribution in [-0.4, -0.2) is 24.9 Å². The standard InChI is InChI=1S/C6H9NO3/c1-2-6(9)10-4-5(8)3-7/h2H,1,3-4,7H2. The van der Waals surface area contributed by atoms with E-state index in [9.17, 15) is 9.59 Å². The lowest BCUT2D eigenvalue weighted by Gasteiger charge is -1.96. The minimum atomic E-state index is -0.609. The summed E-state index contributed by atoms with van der Waals surface area (Å²) >= 11 is 0. The highest BCUT2D eigenvalue weighted by molar-refractivity contribution is 5.86. The zero-order valence-electron chi connectivity index (χ0n) is 5.50. The zero-order chi connectivity index (χ0) is 7.98. The Bertz CT molecular complexity index is 153. The lowest BCUT2D eigenvalue weighted by atomic mass is 10.4. The lowest BCUT2D eigenvalue weighted by Crippen LogP contribution is -2.20. The van der Waals surface area contributed by atoms with Gasteiger partial charge in [-0.25, -0.2) is 4.79 Å². The van der Waals surface area contributed by atoms with E-state index in [1.54, 1.807) is 0 Å². The fourth-order valence-corrected chi connectivity index (χ4v) is 0.269. The van der Waals surface area contributed by atoms with Crippen LogP contribution in [0.4, 0.5) is 0 Å². The Balaban J connectivity index is 3.44. The Morgan fingerprint density at radius 2 is 2.20 bits per heavy atom. The van der Waals surface area contributed by atoms with Crippen molar-refractivity contribution < 1.29 is 14.3 Å². The number of esters is 1. The van der Waals surface area contributed by atoms with Crippen LogP contribution in [0.15, 0.2) is 12.7 Å². The van der Waals surface area contributed by atoms with Crippen LogP contribution in [0.5, 0.6) is 0 Å². The van der Waals surface area contributed by atoms with Crippen molar-refractivity contribution in [2.24, 2.45) is 5.73 Å². The molecule has 0 saturated carbocycles. The summed E-state index contributed by atoms with van der Waals surface area (Å²) in [5.74, 6) is -0.919. The summed E-state index contributed by atoms with van der Waals surface area (Å²) in [4.78, 5) is 20.7. The predicted molar refractivity (Wildman–Crippen MR) is 35.2 cm³/mol. The van der Waals surface area contributed by atoms with E-state index >= 15 is 0 Å². The Labute approximate surface area is 58.7 Å². The number of ether oxygens (including phenoxy) is 1. The van der Waals surface area contributed by atoms with E-state index < -0.39 is 5.97 Å². The molecule has 0 amide bonds. The fraction of sp³-hybridized carbons (Fsp3) is 0.333. The maximum Gasteiger partial charge on any atom is 0.330 e. The lowest BCUT2D eigenvalue weighted by molar-refractivity contribution is -0.142. The molecule has 0 aromatic heterocycles. The number of nitrogens with two attached hydrogens (primary N) is 1. The number of hydrogen-bond acceptors (Lipinski definition) is 4. The van der Waals surface area contributed by atoms with E-state index in [4.69, 9.17) is 5.73 Å². The Hall–Kier alpha value is -1.16. The van der Waals surface area contributed by atoms with Crippen molar-refractivity contribution in [1.82, 2.24) is 0 Å². The second kappa shape index (κ2) is 4.69. The van der Waals surface area contributed by atoms with Gasteiger partial charge in [0.2, 0.25) is 0 Å². The maximum absolute atomic E-state index is 10.4. The molecule has 4 nitrogen and oxygen atoms in total. The summed E-state index contributed by atoms with van der Waals surface area (Å²) in [5, 5.41) is 0. The van der Waals surface area contributed by atoms with Gasteiger partial charge in [-0.3, -0.25) is 4.79 Å². The topological polar surface area (TPSA) is 69.4 Å². The summed E-state index contributed by atoms with van der Waals surface area (Å²) in [6.07, 6.45) is 0.990. The van der Waals surface area contributed by atoms with Crippen LogP contribution in [0.25, 0.3) is 0 Å². The van der Waals surface area contributed by atoms with Crippen molar-refractivity contribution >= 4 is 11.8 Å². The molecule has 0 atom stereocenters. The molecule has 2 N–H and O–H groups in total. The third-order valence-corrected chi connectivity index (χ3v) is 0.770. The second-order valence-electron chi connectivity index (χ2n) is 1.55. The molecule has 0 aliphatic carbocycles. The molecule has 0 aliphatic rings. The summed E-state index contributed by atoms with van der Waals surface area (Å²) in [6, 6.07) is 0. The molecular formula is C6H9NO3. The Morgan fingerprint density at radius 1 is 1.60 bits per heavy atom. The molecule has 0 aromatic rings. The molecule has 0 bridgehead atoms. The van der Waals surface area contributed by atoms with Crippen molar-refractivity contribution in [1.29, 1.82) is 0 Å². The van der Waals surface area contributed by atoms with E-state index in [1.807, 2.05) is 0 Å². The van der Waals surface area contributed by atoms with Crippen LogP contribution in [0.3, 0.4) is 0 Å². The number of carbonyl (C=O) groups excluding carboxylic acids is 2. The highest BCUT2D eigenvalue weighted by atomic mass is 16.5. The van der Waals surface area contributed by atoms with E-state index in [0.717, 1.165) is 6.08 Å².